The molecule has 0 aromatic carbocycles. The summed E-state index contributed by atoms with van der Waals surface area (Å²) in [6.45, 7) is 0. The lowest BCUT2D eigenvalue weighted by atomic mass is 10.0. The third kappa shape index (κ3) is 1.69. The Labute approximate surface area is 103 Å². The quantitative estimate of drug-likeness (QED) is 0.732. The molecule has 88 valence electrons. The number of anilines is 1. The maximum Gasteiger partial charge on any atom is 0.180 e. The highest BCUT2D eigenvalue weighted by atomic mass is 16.5. The van der Waals surface area contributed by atoms with Gasteiger partial charge in [0.15, 0.2) is 11.6 Å². The third-order valence-corrected chi connectivity index (χ3v) is 2.51. The average molecular weight is 239 g/mol. The topological polar surface area (TPSA) is 90.7 Å². The molecule has 3 aromatic rings. The minimum absolute atomic E-state index is 0.333. The van der Waals surface area contributed by atoms with Gasteiger partial charge < -0.3 is 10.3 Å². The standard InChI is InChI=1S/C12H9N5O/c13-12-10(8-1-3-14-4-2-8)11(18-17-12)9-5-15-7-16-6-9/h1-7H,(H2,13,17). The molecule has 0 bridgehead atoms. The van der Waals surface area contributed by atoms with E-state index in [9.17, 15) is 0 Å². The summed E-state index contributed by atoms with van der Waals surface area (Å²) < 4.78 is 5.26. The van der Waals surface area contributed by atoms with E-state index in [0.29, 0.717) is 11.6 Å². The van der Waals surface area contributed by atoms with Gasteiger partial charge >= 0.3 is 0 Å². The summed E-state index contributed by atoms with van der Waals surface area (Å²) in [6, 6.07) is 3.69. The molecule has 6 heteroatoms. The van der Waals surface area contributed by atoms with E-state index in [1.807, 2.05) is 12.1 Å². The summed E-state index contributed by atoms with van der Waals surface area (Å²) in [4.78, 5) is 11.9. The maximum absolute atomic E-state index is 5.84. The van der Waals surface area contributed by atoms with Crippen LogP contribution in [-0.2, 0) is 0 Å². The van der Waals surface area contributed by atoms with Crippen molar-refractivity contribution in [3.8, 4) is 22.5 Å². The lowest BCUT2D eigenvalue weighted by molar-refractivity contribution is 0.436. The largest absolute Gasteiger partial charge is 0.380 e. The molecule has 0 saturated carbocycles. The van der Waals surface area contributed by atoms with E-state index < -0.39 is 0 Å². The van der Waals surface area contributed by atoms with Crippen molar-refractivity contribution in [2.45, 2.75) is 0 Å². The third-order valence-electron chi connectivity index (χ3n) is 2.51. The Morgan fingerprint density at radius 1 is 0.944 bits per heavy atom. The minimum Gasteiger partial charge on any atom is -0.380 e. The normalized spacial score (nSPS) is 10.4. The van der Waals surface area contributed by atoms with Gasteiger partial charge in [-0.05, 0) is 17.7 Å². The van der Waals surface area contributed by atoms with Crippen molar-refractivity contribution in [1.82, 2.24) is 20.1 Å². The Balaban J connectivity index is 2.19. The fraction of sp³-hybridized carbons (Fsp3) is 0. The second-order valence-electron chi connectivity index (χ2n) is 3.63. The summed E-state index contributed by atoms with van der Waals surface area (Å²) >= 11 is 0. The molecular weight excluding hydrogens is 230 g/mol. The molecule has 0 radical (unpaired) electrons. The van der Waals surface area contributed by atoms with Crippen LogP contribution in [0.25, 0.3) is 22.5 Å². The van der Waals surface area contributed by atoms with Crippen LogP contribution in [0.3, 0.4) is 0 Å². The summed E-state index contributed by atoms with van der Waals surface area (Å²) in [5.74, 6) is 0.888. The van der Waals surface area contributed by atoms with Gasteiger partial charge in [-0.2, -0.15) is 0 Å². The Bertz CT molecular complexity index is 651. The van der Waals surface area contributed by atoms with E-state index in [1.54, 1.807) is 24.8 Å². The number of hydrogen-bond donors (Lipinski definition) is 1. The fourth-order valence-corrected chi connectivity index (χ4v) is 1.71. The average Bonchev–Trinajstić information content (AvgIpc) is 2.83. The van der Waals surface area contributed by atoms with Crippen molar-refractivity contribution in [1.29, 1.82) is 0 Å². The molecule has 3 aromatic heterocycles. The first kappa shape index (κ1) is 10.4. The Morgan fingerprint density at radius 3 is 2.39 bits per heavy atom. The number of aromatic nitrogens is 4. The highest BCUT2D eigenvalue weighted by molar-refractivity contribution is 5.85. The number of nitrogen functional groups attached to an aromatic ring is 1. The number of rotatable bonds is 2. The Hall–Kier alpha value is -2.76. The van der Waals surface area contributed by atoms with Crippen LogP contribution < -0.4 is 5.73 Å². The zero-order chi connectivity index (χ0) is 12.4. The molecule has 0 atom stereocenters. The van der Waals surface area contributed by atoms with E-state index >= 15 is 0 Å². The summed E-state index contributed by atoms with van der Waals surface area (Å²) in [6.07, 6.45) is 8.13. The van der Waals surface area contributed by atoms with Gasteiger partial charge in [0, 0.05) is 24.8 Å². The monoisotopic (exact) mass is 239 g/mol. The van der Waals surface area contributed by atoms with Crippen molar-refractivity contribution in [3.05, 3.63) is 43.2 Å². The molecule has 0 spiro atoms. The predicted molar refractivity (Wildman–Crippen MR) is 65.2 cm³/mol. The zero-order valence-electron chi connectivity index (χ0n) is 9.32. The van der Waals surface area contributed by atoms with Crippen LogP contribution in [0.4, 0.5) is 5.82 Å². The lowest BCUT2D eigenvalue weighted by Gasteiger charge is -2.01. The van der Waals surface area contributed by atoms with Crippen LogP contribution in [0.2, 0.25) is 0 Å². The molecule has 0 saturated heterocycles. The van der Waals surface area contributed by atoms with Gasteiger partial charge in [0.2, 0.25) is 0 Å². The molecule has 6 nitrogen and oxygen atoms in total. The first-order chi connectivity index (χ1) is 8.86. The molecule has 0 unspecified atom stereocenters. The highest BCUT2D eigenvalue weighted by Crippen LogP contribution is 2.35. The van der Waals surface area contributed by atoms with Crippen molar-refractivity contribution >= 4 is 5.82 Å². The molecule has 0 aliphatic carbocycles. The number of hydrogen-bond acceptors (Lipinski definition) is 6. The number of pyridine rings is 1. The molecule has 0 aliphatic heterocycles. The maximum atomic E-state index is 5.84. The molecule has 0 fully saturated rings. The van der Waals surface area contributed by atoms with Gasteiger partial charge in [-0.3, -0.25) is 4.98 Å². The van der Waals surface area contributed by atoms with Crippen molar-refractivity contribution < 1.29 is 4.52 Å². The predicted octanol–water partition coefficient (Wildman–Crippen LogP) is 1.78. The van der Waals surface area contributed by atoms with Crippen LogP contribution in [0.1, 0.15) is 0 Å². The van der Waals surface area contributed by atoms with Crippen LogP contribution in [-0.4, -0.2) is 20.1 Å². The second kappa shape index (κ2) is 4.25. The highest BCUT2D eigenvalue weighted by Gasteiger charge is 2.17. The second-order valence-corrected chi connectivity index (χ2v) is 3.63. The van der Waals surface area contributed by atoms with Crippen molar-refractivity contribution in [3.63, 3.8) is 0 Å². The zero-order valence-corrected chi connectivity index (χ0v) is 9.32. The first-order valence-electron chi connectivity index (χ1n) is 5.27. The van der Waals surface area contributed by atoms with E-state index in [1.165, 1.54) is 6.33 Å². The fourth-order valence-electron chi connectivity index (χ4n) is 1.71. The molecule has 3 rings (SSSR count). The van der Waals surface area contributed by atoms with E-state index in [2.05, 4.69) is 20.1 Å². The molecule has 2 N–H and O–H groups in total. The number of nitrogens with two attached hydrogens (primary N) is 1. The van der Waals surface area contributed by atoms with E-state index in [4.69, 9.17) is 10.3 Å². The van der Waals surface area contributed by atoms with Crippen molar-refractivity contribution in [2.75, 3.05) is 5.73 Å². The Kier molecular flexibility index (Phi) is 2.45. The van der Waals surface area contributed by atoms with Crippen molar-refractivity contribution in [2.24, 2.45) is 0 Å². The van der Waals surface area contributed by atoms with Gasteiger partial charge in [0.1, 0.15) is 6.33 Å². The molecule has 0 aliphatic rings. The van der Waals surface area contributed by atoms with Gasteiger partial charge in [-0.1, -0.05) is 5.16 Å². The molecular formula is C12H9N5O. The smallest absolute Gasteiger partial charge is 0.180 e. The van der Waals surface area contributed by atoms with Gasteiger partial charge in [-0.15, -0.1) is 0 Å². The van der Waals surface area contributed by atoms with Crippen LogP contribution in [0.15, 0.2) is 47.8 Å². The number of nitrogens with zero attached hydrogens (tertiary/aromatic N) is 4. The Morgan fingerprint density at radius 2 is 1.67 bits per heavy atom. The summed E-state index contributed by atoms with van der Waals surface area (Å²) in [5.41, 5.74) is 8.19. The molecule has 18 heavy (non-hydrogen) atoms. The minimum atomic E-state index is 0.333. The summed E-state index contributed by atoms with van der Waals surface area (Å²) in [5, 5.41) is 3.80. The lowest BCUT2D eigenvalue weighted by Crippen LogP contribution is -1.89. The van der Waals surface area contributed by atoms with E-state index in [-0.39, 0.29) is 0 Å². The van der Waals surface area contributed by atoms with E-state index in [0.717, 1.165) is 16.7 Å². The van der Waals surface area contributed by atoms with Gasteiger partial charge in [0.05, 0.1) is 11.1 Å². The van der Waals surface area contributed by atoms with Crippen LogP contribution in [0.5, 0.6) is 0 Å². The molecule has 0 amide bonds. The van der Waals surface area contributed by atoms with Gasteiger partial charge in [0.25, 0.3) is 0 Å². The molecule has 3 heterocycles. The SMILES string of the molecule is Nc1noc(-c2cncnc2)c1-c1ccncc1. The van der Waals surface area contributed by atoms with Gasteiger partial charge in [-0.25, -0.2) is 9.97 Å². The van der Waals surface area contributed by atoms with Crippen LogP contribution >= 0.6 is 0 Å². The summed E-state index contributed by atoms with van der Waals surface area (Å²) in [7, 11) is 0. The van der Waals surface area contributed by atoms with Crippen LogP contribution in [0, 0.1) is 0 Å². The first-order valence-corrected chi connectivity index (χ1v) is 5.27.